The Kier molecular flexibility index (Phi) is 4.26. The van der Waals surface area contributed by atoms with E-state index in [1.165, 1.54) is 35.3 Å². The number of hydrogen-bond acceptors (Lipinski definition) is 5. The lowest BCUT2D eigenvalue weighted by molar-refractivity contribution is -0.915. The van der Waals surface area contributed by atoms with Gasteiger partial charge in [0.15, 0.2) is 11.5 Å². The summed E-state index contributed by atoms with van der Waals surface area (Å²) in [7, 11) is 0. The van der Waals surface area contributed by atoms with Gasteiger partial charge in [-0.2, -0.15) is 0 Å². The van der Waals surface area contributed by atoms with E-state index >= 15 is 0 Å². The number of thiophene rings is 1. The van der Waals surface area contributed by atoms with Gasteiger partial charge >= 0.3 is 0 Å². The molecule has 5 rings (SSSR count). The molecule has 0 fully saturated rings. The third-order valence-corrected chi connectivity index (χ3v) is 6.25. The number of fused-ring (bicyclic) bond motifs is 5. The largest absolute Gasteiger partial charge is 0.486 e. The smallest absolute Gasteiger partial charge is 0.189 e. The highest BCUT2D eigenvalue weighted by Gasteiger charge is 2.26. The zero-order chi connectivity index (χ0) is 18.2. The highest BCUT2D eigenvalue weighted by molar-refractivity contribution is 7.19. The van der Waals surface area contributed by atoms with Crippen molar-refractivity contribution in [2.24, 2.45) is 0 Å². The fraction of sp³-hybridized carbons (Fsp3) is 0.350. The quantitative estimate of drug-likeness (QED) is 0.577. The van der Waals surface area contributed by atoms with Crippen LogP contribution in [0.3, 0.4) is 0 Å². The molecule has 0 saturated heterocycles. The monoisotopic (exact) mass is 380 g/mol. The molecule has 1 aliphatic rings. The van der Waals surface area contributed by atoms with Crippen LogP contribution in [0.25, 0.3) is 15.9 Å². The fourth-order valence-electron chi connectivity index (χ4n) is 3.86. The van der Waals surface area contributed by atoms with E-state index in [1.54, 1.807) is 15.7 Å². The Labute approximate surface area is 161 Å². The summed E-state index contributed by atoms with van der Waals surface area (Å²) in [5.74, 6) is 1.51. The zero-order valence-corrected chi connectivity index (χ0v) is 16.1. The van der Waals surface area contributed by atoms with Crippen LogP contribution in [0.4, 0.5) is 0 Å². The summed E-state index contributed by atoms with van der Waals surface area (Å²) in [6, 6.07) is 9.77. The third kappa shape index (κ3) is 3.07. The van der Waals surface area contributed by atoms with Crippen molar-refractivity contribution in [3.8, 4) is 5.75 Å². The van der Waals surface area contributed by atoms with Gasteiger partial charge in [-0.05, 0) is 24.1 Å². The van der Waals surface area contributed by atoms with Gasteiger partial charge in [-0.15, -0.1) is 16.4 Å². The summed E-state index contributed by atoms with van der Waals surface area (Å²) in [5, 5.41) is 5.75. The SMILES string of the molecule is CCC[NH+]1CCc2c(sc3ncn4nc(COc5ccccc5)nc4c23)C1. The van der Waals surface area contributed by atoms with Crippen LogP contribution in [-0.4, -0.2) is 32.7 Å². The van der Waals surface area contributed by atoms with Gasteiger partial charge in [-0.25, -0.2) is 14.5 Å². The Balaban J connectivity index is 1.48. The minimum absolute atomic E-state index is 0.355. The van der Waals surface area contributed by atoms with E-state index < -0.39 is 0 Å². The number of ether oxygens (including phenoxy) is 1. The first kappa shape index (κ1) is 16.6. The van der Waals surface area contributed by atoms with E-state index in [1.807, 2.05) is 41.7 Å². The summed E-state index contributed by atoms with van der Waals surface area (Å²) in [6.07, 6.45) is 4.09. The second-order valence-corrected chi connectivity index (χ2v) is 8.09. The molecule has 0 saturated carbocycles. The van der Waals surface area contributed by atoms with Gasteiger partial charge in [0.2, 0.25) is 0 Å². The number of nitrogens with zero attached hydrogens (tertiary/aromatic N) is 4. The van der Waals surface area contributed by atoms with Crippen LogP contribution in [0.15, 0.2) is 36.7 Å². The van der Waals surface area contributed by atoms with E-state index in [-0.39, 0.29) is 0 Å². The maximum Gasteiger partial charge on any atom is 0.189 e. The van der Waals surface area contributed by atoms with E-state index in [4.69, 9.17) is 9.72 Å². The van der Waals surface area contributed by atoms with Crippen LogP contribution in [0, 0.1) is 0 Å². The van der Waals surface area contributed by atoms with Crippen LogP contribution < -0.4 is 9.64 Å². The molecule has 1 aromatic carbocycles. The molecule has 0 amide bonds. The van der Waals surface area contributed by atoms with Crippen molar-refractivity contribution < 1.29 is 9.64 Å². The van der Waals surface area contributed by atoms with Gasteiger partial charge < -0.3 is 9.64 Å². The van der Waals surface area contributed by atoms with Crippen LogP contribution in [0.2, 0.25) is 0 Å². The van der Waals surface area contributed by atoms with E-state index in [0.29, 0.717) is 12.4 Å². The highest BCUT2D eigenvalue weighted by atomic mass is 32.1. The minimum Gasteiger partial charge on any atom is -0.486 e. The van der Waals surface area contributed by atoms with Gasteiger partial charge in [0.25, 0.3) is 0 Å². The second kappa shape index (κ2) is 6.90. The average Bonchev–Trinajstić information content (AvgIpc) is 3.27. The molecule has 0 spiro atoms. The van der Waals surface area contributed by atoms with Crippen molar-refractivity contribution in [2.75, 3.05) is 13.1 Å². The van der Waals surface area contributed by atoms with E-state index in [2.05, 4.69) is 17.0 Å². The van der Waals surface area contributed by atoms with Crippen molar-refractivity contribution in [1.82, 2.24) is 19.6 Å². The molecule has 3 aromatic heterocycles. The number of quaternary nitrogens is 1. The summed E-state index contributed by atoms with van der Waals surface area (Å²) in [4.78, 5) is 13.6. The summed E-state index contributed by atoms with van der Waals surface area (Å²) < 4.78 is 7.61. The van der Waals surface area contributed by atoms with Gasteiger partial charge in [0.05, 0.1) is 23.4 Å². The number of rotatable bonds is 5. The molecule has 0 bridgehead atoms. The molecule has 1 unspecified atom stereocenters. The van der Waals surface area contributed by atoms with E-state index in [0.717, 1.165) is 29.2 Å². The normalized spacial score (nSPS) is 16.7. The van der Waals surface area contributed by atoms with Crippen LogP contribution in [0.1, 0.15) is 29.6 Å². The standard InChI is InChI=1S/C20H21N5OS/c1-2-9-24-10-8-15-16(11-24)27-20-18(15)19-22-17(23-25(19)13-21-20)12-26-14-6-4-3-5-7-14/h3-7,13H,2,8-12H2,1H3/p+1. The zero-order valence-electron chi connectivity index (χ0n) is 15.3. The lowest BCUT2D eigenvalue weighted by Crippen LogP contribution is -3.11. The molecule has 7 heteroatoms. The average molecular weight is 380 g/mol. The Morgan fingerprint density at radius 1 is 1.26 bits per heavy atom. The first-order valence-electron chi connectivity index (χ1n) is 9.47. The maximum atomic E-state index is 5.81. The number of para-hydroxylation sites is 1. The molecule has 1 N–H and O–H groups in total. The van der Waals surface area contributed by atoms with Gasteiger partial charge in [-0.1, -0.05) is 25.1 Å². The number of benzene rings is 1. The van der Waals surface area contributed by atoms with Crippen molar-refractivity contribution in [3.05, 3.63) is 52.9 Å². The molecule has 1 aliphatic heterocycles. The van der Waals surface area contributed by atoms with Crippen molar-refractivity contribution >= 4 is 27.2 Å². The molecular formula is C20H22N5OS+. The predicted molar refractivity (Wildman–Crippen MR) is 105 cm³/mol. The molecule has 6 nitrogen and oxygen atoms in total. The lowest BCUT2D eigenvalue weighted by Gasteiger charge is -2.23. The minimum atomic E-state index is 0.355. The van der Waals surface area contributed by atoms with Gasteiger partial charge in [0.1, 0.15) is 30.1 Å². The number of hydrogen-bond donors (Lipinski definition) is 1. The summed E-state index contributed by atoms with van der Waals surface area (Å²) in [6.45, 7) is 6.14. The molecule has 27 heavy (non-hydrogen) atoms. The Morgan fingerprint density at radius 2 is 2.15 bits per heavy atom. The Hall–Kier alpha value is -2.51. The summed E-state index contributed by atoms with van der Waals surface area (Å²) in [5.41, 5.74) is 2.33. The Morgan fingerprint density at radius 3 is 3.00 bits per heavy atom. The number of nitrogens with one attached hydrogen (secondary N) is 1. The molecule has 138 valence electrons. The lowest BCUT2D eigenvalue weighted by atomic mass is 10.1. The summed E-state index contributed by atoms with van der Waals surface area (Å²) >= 11 is 1.82. The number of aromatic nitrogens is 4. The maximum absolute atomic E-state index is 5.81. The Bertz CT molecular complexity index is 1090. The molecule has 4 heterocycles. The molecular weight excluding hydrogens is 358 g/mol. The van der Waals surface area contributed by atoms with Gasteiger partial charge in [0, 0.05) is 6.42 Å². The van der Waals surface area contributed by atoms with Crippen molar-refractivity contribution in [2.45, 2.75) is 32.9 Å². The van der Waals surface area contributed by atoms with Gasteiger partial charge in [-0.3, -0.25) is 0 Å². The molecule has 4 aromatic rings. The van der Waals surface area contributed by atoms with Crippen LogP contribution in [0.5, 0.6) is 5.75 Å². The fourth-order valence-corrected chi connectivity index (χ4v) is 5.12. The second-order valence-electron chi connectivity index (χ2n) is 7.00. The molecule has 1 atom stereocenters. The third-order valence-electron chi connectivity index (χ3n) is 5.11. The molecule has 0 radical (unpaired) electrons. The van der Waals surface area contributed by atoms with E-state index in [9.17, 15) is 0 Å². The van der Waals surface area contributed by atoms with Crippen molar-refractivity contribution in [3.63, 3.8) is 0 Å². The first-order chi connectivity index (χ1) is 13.3. The topological polar surface area (TPSA) is 56.8 Å². The first-order valence-corrected chi connectivity index (χ1v) is 10.3. The predicted octanol–water partition coefficient (Wildman–Crippen LogP) is 2.27. The van der Waals surface area contributed by atoms with Crippen molar-refractivity contribution in [1.29, 1.82) is 0 Å². The van der Waals surface area contributed by atoms with Crippen LogP contribution in [-0.2, 0) is 19.6 Å². The highest BCUT2D eigenvalue weighted by Crippen LogP contribution is 2.33. The molecule has 0 aliphatic carbocycles. The van der Waals surface area contributed by atoms with Crippen LogP contribution >= 0.6 is 11.3 Å².